The van der Waals surface area contributed by atoms with E-state index in [1.165, 1.54) is 56.4 Å². The van der Waals surface area contributed by atoms with Crippen LogP contribution in [0.2, 0.25) is 0 Å². The van der Waals surface area contributed by atoms with Gasteiger partial charge in [-0.15, -0.1) is 0 Å². The zero-order valence-corrected chi connectivity index (χ0v) is 20.8. The lowest BCUT2D eigenvalue weighted by molar-refractivity contribution is -1.02. The van der Waals surface area contributed by atoms with Crippen LogP contribution in [0.1, 0.15) is 52.7 Å². The Bertz CT molecular complexity index is 1430. The number of anilines is 2. The summed E-state index contributed by atoms with van der Waals surface area (Å²) in [5.74, 6) is 0. The Balaban J connectivity index is 1.70. The molecule has 1 spiro atoms. The lowest BCUT2D eigenvalue weighted by atomic mass is 9.83. The first-order chi connectivity index (χ1) is 16.1. The summed E-state index contributed by atoms with van der Waals surface area (Å²) in [5.41, 5.74) is 12.9. The highest BCUT2D eigenvalue weighted by Gasteiger charge is 2.71. The maximum absolute atomic E-state index is 3.91. The minimum absolute atomic E-state index is 0.0506. The Hall–Kier alpha value is -3.50. The molecule has 5 heterocycles. The Morgan fingerprint density at radius 3 is 1.47 bits per heavy atom. The fraction of sp³-hybridized carbons (Fsp3) is 0.267. The summed E-state index contributed by atoms with van der Waals surface area (Å²) >= 11 is 0. The van der Waals surface area contributed by atoms with Gasteiger partial charge >= 0.3 is 0 Å². The molecule has 0 amide bonds. The highest BCUT2D eigenvalue weighted by atomic mass is 15.9. The molecule has 3 aliphatic heterocycles. The molecule has 0 bridgehead atoms. The van der Waals surface area contributed by atoms with Crippen LogP contribution >= 0.6 is 0 Å². The minimum Gasteiger partial charge on any atom is -0.345 e. The van der Waals surface area contributed by atoms with Crippen molar-refractivity contribution in [2.45, 2.75) is 52.4 Å². The van der Waals surface area contributed by atoms with Crippen LogP contribution in [0, 0.1) is 0 Å². The van der Waals surface area contributed by atoms with Gasteiger partial charge < -0.3 is 5.32 Å². The van der Waals surface area contributed by atoms with Crippen LogP contribution < -0.4 is 19.4 Å². The first-order valence-corrected chi connectivity index (χ1v) is 12.2. The lowest BCUT2D eigenvalue weighted by Crippen LogP contribution is -2.81. The van der Waals surface area contributed by atoms with Crippen molar-refractivity contribution in [1.29, 1.82) is 0 Å². The van der Waals surface area contributed by atoms with Crippen LogP contribution in [0.25, 0.3) is 22.5 Å². The summed E-state index contributed by atoms with van der Waals surface area (Å²) in [6.07, 6.45) is 4.48. The quantitative estimate of drug-likeness (QED) is 0.209. The molecule has 0 saturated carbocycles. The van der Waals surface area contributed by atoms with Gasteiger partial charge in [-0.05, 0) is 58.4 Å². The van der Waals surface area contributed by atoms with Gasteiger partial charge in [0.15, 0.2) is 4.70 Å². The van der Waals surface area contributed by atoms with Gasteiger partial charge in [0.2, 0.25) is 12.4 Å². The van der Waals surface area contributed by atoms with Crippen molar-refractivity contribution in [3.63, 3.8) is 0 Å². The van der Waals surface area contributed by atoms with Gasteiger partial charge in [0, 0.05) is 24.3 Å². The monoisotopic (exact) mass is 447 g/mol. The van der Waals surface area contributed by atoms with E-state index in [9.17, 15) is 0 Å². The topological polar surface area (TPSA) is 19.8 Å². The van der Waals surface area contributed by atoms with E-state index in [1.807, 2.05) is 0 Å². The summed E-state index contributed by atoms with van der Waals surface area (Å²) in [7, 11) is 0. The standard InChI is InChI=1S/C30H31N4/c1-29(2,3)19-15-21-25-11-7-9-13-32(25)34-27(21)23(17-19)31-24-18-20(30(4,5)6)16-22(28(24)34)26-12-8-10-14-33(26)34/h7-18,31H,1-6H3/q+3. The second kappa shape index (κ2) is 5.94. The third-order valence-electron chi connectivity index (χ3n) is 7.70. The number of rotatable bonds is 0. The zero-order chi connectivity index (χ0) is 23.6. The van der Waals surface area contributed by atoms with E-state index in [-0.39, 0.29) is 10.8 Å². The number of quaternary nitrogens is 1. The molecule has 7 rings (SSSR count). The Morgan fingerprint density at radius 1 is 0.618 bits per heavy atom. The predicted octanol–water partition coefficient (Wildman–Crippen LogP) is 6.44. The largest absolute Gasteiger partial charge is 0.345 e. The van der Waals surface area contributed by atoms with Crippen molar-refractivity contribution >= 4 is 22.7 Å². The average molecular weight is 448 g/mol. The van der Waals surface area contributed by atoms with Crippen molar-refractivity contribution in [2.75, 3.05) is 5.32 Å². The first-order valence-electron chi connectivity index (χ1n) is 12.2. The van der Waals surface area contributed by atoms with E-state index in [4.69, 9.17) is 0 Å². The minimum atomic E-state index is 0.0506. The summed E-state index contributed by atoms with van der Waals surface area (Å²) in [6.45, 7) is 13.8. The normalized spacial score (nSPS) is 15.8. The van der Waals surface area contributed by atoms with Crippen molar-refractivity contribution < 1.29 is 9.35 Å². The number of nitrogens with one attached hydrogen (secondary N) is 1. The van der Waals surface area contributed by atoms with Crippen molar-refractivity contribution in [2.24, 2.45) is 0 Å². The Labute approximate surface area is 201 Å². The third-order valence-corrected chi connectivity index (χ3v) is 7.70. The van der Waals surface area contributed by atoms with Gasteiger partial charge in [0.05, 0.1) is 9.35 Å². The first kappa shape index (κ1) is 19.9. The summed E-state index contributed by atoms with van der Waals surface area (Å²) in [6, 6.07) is 22.7. The smallest absolute Gasteiger partial charge is 0.299 e. The molecule has 1 N–H and O–H groups in total. The highest BCUT2D eigenvalue weighted by Crippen LogP contribution is 2.59. The number of hydrogen-bond acceptors (Lipinski definition) is 1. The molecular formula is C30H31N4+3. The van der Waals surface area contributed by atoms with Crippen molar-refractivity contribution in [3.8, 4) is 22.5 Å². The van der Waals surface area contributed by atoms with Crippen LogP contribution in [-0.4, -0.2) is 0 Å². The van der Waals surface area contributed by atoms with E-state index in [0.717, 1.165) is 0 Å². The number of aromatic nitrogens is 2. The molecule has 4 heteroatoms. The van der Waals surface area contributed by atoms with Crippen molar-refractivity contribution in [3.05, 3.63) is 84.2 Å². The molecule has 2 aromatic heterocycles. The average Bonchev–Trinajstić information content (AvgIpc) is 3.26. The molecule has 0 radical (unpaired) electrons. The molecule has 0 unspecified atom stereocenters. The summed E-state index contributed by atoms with van der Waals surface area (Å²) in [4.78, 5) is 0. The molecule has 0 saturated heterocycles. The van der Waals surface area contributed by atoms with Gasteiger partial charge in [0.25, 0.3) is 22.8 Å². The molecular weight excluding hydrogens is 416 g/mol. The van der Waals surface area contributed by atoms with Crippen LogP contribution in [-0.2, 0) is 10.8 Å². The summed E-state index contributed by atoms with van der Waals surface area (Å²) < 4.78 is 5.41. The van der Waals surface area contributed by atoms with Crippen LogP contribution in [0.4, 0.5) is 22.7 Å². The fourth-order valence-corrected chi connectivity index (χ4v) is 5.98. The predicted molar refractivity (Wildman–Crippen MR) is 137 cm³/mol. The molecule has 2 aromatic carbocycles. The molecule has 3 aliphatic rings. The maximum Gasteiger partial charge on any atom is 0.299 e. The Kier molecular flexibility index (Phi) is 3.48. The van der Waals surface area contributed by atoms with E-state index >= 15 is 0 Å². The summed E-state index contributed by atoms with van der Waals surface area (Å²) in [5, 5.41) is 3.91. The molecule has 0 atom stereocenters. The molecule has 4 nitrogen and oxygen atoms in total. The van der Waals surface area contributed by atoms with Gasteiger partial charge in [-0.25, -0.2) is 0 Å². The number of pyridine rings is 2. The maximum atomic E-state index is 3.91. The number of benzene rings is 2. The fourth-order valence-electron chi connectivity index (χ4n) is 5.98. The second-order valence-corrected chi connectivity index (χ2v) is 11.9. The highest BCUT2D eigenvalue weighted by molar-refractivity contribution is 6.01. The number of hydrogen-bond donors (Lipinski definition) is 1. The van der Waals surface area contributed by atoms with Gasteiger partial charge in [-0.2, -0.15) is 0 Å². The molecule has 168 valence electrons. The van der Waals surface area contributed by atoms with E-state index in [1.54, 1.807) is 0 Å². The van der Waals surface area contributed by atoms with Crippen molar-refractivity contribution in [1.82, 2.24) is 4.70 Å². The van der Waals surface area contributed by atoms with Gasteiger partial charge in [-0.1, -0.05) is 41.5 Å². The second-order valence-electron chi connectivity index (χ2n) is 11.9. The lowest BCUT2D eigenvalue weighted by Gasteiger charge is -2.28. The zero-order valence-electron chi connectivity index (χ0n) is 20.8. The van der Waals surface area contributed by atoms with E-state index < -0.39 is 0 Å². The molecule has 0 aliphatic carbocycles. The van der Waals surface area contributed by atoms with Crippen LogP contribution in [0.3, 0.4) is 0 Å². The molecule has 0 fully saturated rings. The van der Waals surface area contributed by atoms with E-state index in [2.05, 4.69) is 129 Å². The van der Waals surface area contributed by atoms with E-state index in [0.29, 0.717) is 4.70 Å². The molecule has 4 aromatic rings. The molecule has 34 heavy (non-hydrogen) atoms. The number of nitrogens with zero attached hydrogens (tertiary/aromatic N) is 3. The third kappa shape index (κ3) is 2.22. The van der Waals surface area contributed by atoms with Crippen LogP contribution in [0.15, 0.2) is 73.1 Å². The SMILES string of the molecule is CC(C)(C)c1cc2c3c(c1)-c1cccc[n+]1[N+]31c3c(cc(C(C)(C)C)cc3-c3cccc[n+]31)N2. The Morgan fingerprint density at radius 2 is 1.06 bits per heavy atom. The van der Waals surface area contributed by atoms with Crippen LogP contribution in [0.5, 0.6) is 0 Å². The van der Waals surface area contributed by atoms with Gasteiger partial charge in [-0.3, -0.25) is 0 Å². The van der Waals surface area contributed by atoms with Gasteiger partial charge in [0.1, 0.15) is 22.5 Å². The number of fused-ring (bicyclic) bond motifs is 4.